The molecule has 1 aliphatic heterocycles. The van der Waals surface area contributed by atoms with Crippen LogP contribution in [0.3, 0.4) is 0 Å². The summed E-state index contributed by atoms with van der Waals surface area (Å²) in [4.78, 5) is 25.7. The minimum atomic E-state index is -1.04. The van der Waals surface area contributed by atoms with E-state index in [1.807, 2.05) is 54.7 Å². The summed E-state index contributed by atoms with van der Waals surface area (Å²) < 4.78 is 7.10. The maximum Gasteiger partial charge on any atom is 0.352 e. The molecular formula is C27H19N5O3. The Hall–Kier alpha value is -4.85. The van der Waals surface area contributed by atoms with E-state index < -0.39 is 5.97 Å². The number of benzene rings is 2. The van der Waals surface area contributed by atoms with Crippen molar-refractivity contribution in [2.24, 2.45) is 4.99 Å². The van der Waals surface area contributed by atoms with Crippen LogP contribution in [0.1, 0.15) is 33.1 Å². The molecule has 8 nitrogen and oxygen atoms in total. The topological polar surface area (TPSA) is 106 Å². The highest BCUT2D eigenvalue weighted by Gasteiger charge is 2.21. The van der Waals surface area contributed by atoms with Gasteiger partial charge in [-0.05, 0) is 35.4 Å². The van der Waals surface area contributed by atoms with E-state index >= 15 is 0 Å². The van der Waals surface area contributed by atoms with Crippen LogP contribution in [-0.4, -0.2) is 37.0 Å². The molecule has 0 fully saturated rings. The largest absolute Gasteiger partial charge is 0.477 e. The summed E-state index contributed by atoms with van der Waals surface area (Å²) in [7, 11) is 0. The highest BCUT2D eigenvalue weighted by Crippen LogP contribution is 2.31. The number of rotatable bonds is 5. The van der Waals surface area contributed by atoms with E-state index in [1.165, 1.54) is 0 Å². The van der Waals surface area contributed by atoms with Gasteiger partial charge in [-0.3, -0.25) is 9.98 Å². The van der Waals surface area contributed by atoms with Crippen LogP contribution in [0.2, 0.25) is 0 Å². The predicted molar refractivity (Wildman–Crippen MR) is 131 cm³/mol. The molecule has 0 unspecified atom stereocenters. The van der Waals surface area contributed by atoms with Crippen LogP contribution < -0.4 is 0 Å². The van der Waals surface area contributed by atoms with Crippen molar-refractivity contribution >= 4 is 28.7 Å². The van der Waals surface area contributed by atoms with Crippen molar-refractivity contribution < 1.29 is 14.4 Å². The molecule has 170 valence electrons. The van der Waals surface area contributed by atoms with E-state index in [1.54, 1.807) is 29.1 Å². The van der Waals surface area contributed by atoms with Crippen LogP contribution in [0.25, 0.3) is 27.9 Å². The SMILES string of the molecule is O=C(O)c1cc2c(C3=CN=Cc4ccccc4C3)nccc2n1Cc1noc(-c2ccccc2)n1. The smallest absolute Gasteiger partial charge is 0.352 e. The lowest BCUT2D eigenvalue weighted by Crippen LogP contribution is -2.10. The van der Waals surface area contributed by atoms with Crippen molar-refractivity contribution in [1.82, 2.24) is 19.7 Å². The number of hydrogen-bond donors (Lipinski definition) is 1. The highest BCUT2D eigenvalue weighted by molar-refractivity contribution is 5.99. The number of nitrogens with zero attached hydrogens (tertiary/aromatic N) is 5. The van der Waals surface area contributed by atoms with E-state index in [0.717, 1.165) is 33.2 Å². The van der Waals surface area contributed by atoms with E-state index in [4.69, 9.17) is 4.52 Å². The Balaban J connectivity index is 1.42. The number of carboxylic acid groups (broad SMARTS) is 1. The molecule has 0 radical (unpaired) electrons. The van der Waals surface area contributed by atoms with Gasteiger partial charge in [0.05, 0.1) is 17.8 Å². The van der Waals surface area contributed by atoms with Gasteiger partial charge in [-0.2, -0.15) is 4.98 Å². The molecule has 1 N–H and O–H groups in total. The summed E-state index contributed by atoms with van der Waals surface area (Å²) >= 11 is 0. The first-order valence-corrected chi connectivity index (χ1v) is 11.1. The number of aromatic nitrogens is 4. The summed E-state index contributed by atoms with van der Waals surface area (Å²) in [6.07, 6.45) is 5.95. The van der Waals surface area contributed by atoms with Gasteiger partial charge in [0.1, 0.15) is 5.69 Å². The number of allylic oxidation sites excluding steroid dienone is 1. The molecule has 0 bridgehead atoms. The third kappa shape index (κ3) is 3.80. The number of carboxylic acids is 1. The van der Waals surface area contributed by atoms with Gasteiger partial charge in [0.25, 0.3) is 5.89 Å². The third-order valence-electron chi connectivity index (χ3n) is 6.02. The lowest BCUT2D eigenvalue weighted by Gasteiger charge is -2.09. The summed E-state index contributed by atoms with van der Waals surface area (Å²) in [6.45, 7) is 0.144. The van der Waals surface area contributed by atoms with Crippen molar-refractivity contribution in [1.29, 1.82) is 0 Å². The van der Waals surface area contributed by atoms with Gasteiger partial charge < -0.3 is 14.2 Å². The first-order valence-electron chi connectivity index (χ1n) is 11.1. The molecule has 6 rings (SSSR count). The van der Waals surface area contributed by atoms with Crippen molar-refractivity contribution in [3.8, 4) is 11.5 Å². The number of carbonyl (C=O) groups is 1. The molecule has 4 heterocycles. The quantitative estimate of drug-likeness (QED) is 0.401. The molecule has 0 amide bonds. The number of aromatic carboxylic acids is 1. The lowest BCUT2D eigenvalue weighted by atomic mass is 9.98. The van der Waals surface area contributed by atoms with Crippen molar-refractivity contribution in [2.75, 3.05) is 0 Å². The standard InChI is InChI=1S/C27H19N5O3/c33-27(34)23-13-21-22(32(23)16-24-30-26(35-31-24)17-6-2-1-3-7-17)10-11-29-25(21)20-12-18-8-4-5-9-19(18)14-28-15-20/h1-11,13-15H,12,16H2,(H,33,34). The van der Waals surface area contributed by atoms with Gasteiger partial charge in [0.15, 0.2) is 5.82 Å². The molecule has 0 aliphatic carbocycles. The van der Waals surface area contributed by atoms with Gasteiger partial charge in [-0.15, -0.1) is 0 Å². The van der Waals surface area contributed by atoms with Crippen molar-refractivity contribution in [3.63, 3.8) is 0 Å². The van der Waals surface area contributed by atoms with Crippen molar-refractivity contribution in [3.05, 3.63) is 107 Å². The molecule has 35 heavy (non-hydrogen) atoms. The fourth-order valence-electron chi connectivity index (χ4n) is 4.37. The maximum absolute atomic E-state index is 12.2. The van der Waals surface area contributed by atoms with Crippen LogP contribution in [0.4, 0.5) is 0 Å². The van der Waals surface area contributed by atoms with Gasteiger partial charge in [-0.1, -0.05) is 47.6 Å². The number of pyridine rings is 1. The fourth-order valence-corrected chi connectivity index (χ4v) is 4.37. The first-order chi connectivity index (χ1) is 17.2. The van der Waals surface area contributed by atoms with Gasteiger partial charge in [0.2, 0.25) is 0 Å². The van der Waals surface area contributed by atoms with Crippen LogP contribution in [-0.2, 0) is 13.0 Å². The predicted octanol–water partition coefficient (Wildman–Crippen LogP) is 4.85. The monoisotopic (exact) mass is 461 g/mol. The molecule has 0 saturated carbocycles. The Labute approximate surface area is 199 Å². The van der Waals surface area contributed by atoms with Gasteiger partial charge in [-0.25, -0.2) is 4.79 Å². The zero-order valence-electron chi connectivity index (χ0n) is 18.5. The second-order valence-corrected chi connectivity index (χ2v) is 8.20. The van der Waals surface area contributed by atoms with Crippen molar-refractivity contribution in [2.45, 2.75) is 13.0 Å². The molecule has 1 aliphatic rings. The molecule has 3 aromatic heterocycles. The average Bonchev–Trinajstić information content (AvgIpc) is 3.44. The molecule has 0 saturated heterocycles. The van der Waals surface area contributed by atoms with E-state index in [0.29, 0.717) is 23.8 Å². The molecular weight excluding hydrogens is 442 g/mol. The fraction of sp³-hybridized carbons (Fsp3) is 0.0741. The number of hydrogen-bond acceptors (Lipinski definition) is 6. The molecule has 0 spiro atoms. The lowest BCUT2D eigenvalue weighted by molar-refractivity contribution is 0.0686. The van der Waals surface area contributed by atoms with E-state index in [2.05, 4.69) is 26.2 Å². The zero-order valence-corrected chi connectivity index (χ0v) is 18.5. The van der Waals surface area contributed by atoms with E-state index in [-0.39, 0.29) is 12.2 Å². The van der Waals surface area contributed by atoms with E-state index in [9.17, 15) is 9.90 Å². The van der Waals surface area contributed by atoms with Crippen LogP contribution in [0, 0.1) is 0 Å². The van der Waals surface area contributed by atoms with Crippen LogP contribution in [0.5, 0.6) is 0 Å². The summed E-state index contributed by atoms with van der Waals surface area (Å²) in [5.74, 6) is -0.275. The minimum absolute atomic E-state index is 0.124. The second kappa shape index (κ2) is 8.49. The molecule has 0 atom stereocenters. The summed E-state index contributed by atoms with van der Waals surface area (Å²) in [6, 6.07) is 21.0. The average molecular weight is 461 g/mol. The second-order valence-electron chi connectivity index (χ2n) is 8.20. The molecule has 8 heteroatoms. The Bertz CT molecular complexity index is 1630. The Morgan fingerprint density at radius 3 is 2.74 bits per heavy atom. The minimum Gasteiger partial charge on any atom is -0.477 e. The van der Waals surface area contributed by atoms with Gasteiger partial charge in [0, 0.05) is 41.6 Å². The van der Waals surface area contributed by atoms with Gasteiger partial charge >= 0.3 is 5.97 Å². The molecule has 5 aromatic rings. The zero-order chi connectivity index (χ0) is 23.8. The van der Waals surface area contributed by atoms with Crippen LogP contribution >= 0.6 is 0 Å². The first kappa shape index (κ1) is 20.7. The number of aliphatic imine (C=N–C) groups is 1. The highest BCUT2D eigenvalue weighted by atomic mass is 16.5. The third-order valence-corrected chi connectivity index (χ3v) is 6.02. The maximum atomic E-state index is 12.2. The Morgan fingerprint density at radius 1 is 1.06 bits per heavy atom. The number of fused-ring (bicyclic) bond motifs is 2. The summed E-state index contributed by atoms with van der Waals surface area (Å²) in [5, 5.41) is 14.8. The summed E-state index contributed by atoms with van der Waals surface area (Å²) in [5.41, 5.74) is 5.46. The van der Waals surface area contributed by atoms with Crippen LogP contribution in [0.15, 0.2) is 88.6 Å². The Kier molecular flexibility index (Phi) is 5.03. The molecule has 2 aromatic carbocycles. The normalized spacial score (nSPS) is 12.9. The Morgan fingerprint density at radius 2 is 1.89 bits per heavy atom.